The zero-order valence-electron chi connectivity index (χ0n) is 68.9. The lowest BCUT2D eigenvalue weighted by molar-refractivity contribution is -0.123. The summed E-state index contributed by atoms with van der Waals surface area (Å²) in [7, 11) is -3.57. The first-order chi connectivity index (χ1) is 56.8. The lowest BCUT2D eigenvalue weighted by atomic mass is 10.0. The predicted octanol–water partition coefficient (Wildman–Crippen LogP) is 18.7. The normalized spacial score (nSPS) is 11.0. The summed E-state index contributed by atoms with van der Waals surface area (Å²) in [5.41, 5.74) is 15.5. The number of hydrogen-bond acceptors (Lipinski definition) is 19. The van der Waals surface area contributed by atoms with Gasteiger partial charge in [-0.1, -0.05) is 257 Å². The zero-order chi connectivity index (χ0) is 83.6. The minimum absolute atomic E-state index is 0.206. The van der Waals surface area contributed by atoms with Crippen molar-refractivity contribution in [2.45, 2.75) is 131 Å². The first-order valence-corrected chi connectivity index (χ1v) is 43.2. The van der Waals surface area contributed by atoms with Crippen molar-refractivity contribution in [2.75, 3.05) is 80.2 Å². The molecule has 8 aromatic carbocycles. The van der Waals surface area contributed by atoms with Gasteiger partial charge in [-0.25, -0.2) is 28.4 Å². The molecule has 0 radical (unpaired) electrons. The van der Waals surface area contributed by atoms with Crippen LogP contribution in [0.25, 0.3) is 90.1 Å². The van der Waals surface area contributed by atoms with Gasteiger partial charge in [0.2, 0.25) is 10.0 Å². The lowest BCUT2D eigenvalue weighted by Gasteiger charge is -2.28. The summed E-state index contributed by atoms with van der Waals surface area (Å²) in [5, 5.41) is 29.9. The minimum Gasteiger partial charge on any atom is -0.396 e. The van der Waals surface area contributed by atoms with Crippen molar-refractivity contribution < 1.29 is 33.3 Å². The summed E-state index contributed by atoms with van der Waals surface area (Å²) in [4.78, 5) is 56.9. The SMILES string of the molecule is CC(C)N(CCCCO)c1cnc(-c2ccccc2)c(-c2ccccc2)n1.CC(C)N(CCCCO)c1cnc(-c2ccccc2)c(-c2ccccc2)n1.CC(C)N(CCCCOCC(=O)NS(C)(=O)=O)c1cnc(-c2ccccc2)c(-c2ccccc2)n1.CC(C)NCCCCO.Ic1cnc(-c2ccccc2)c(-c2ccccc2)n1. The fraction of sp³-hybridized carbons (Fsp3) is 0.316. The fourth-order valence-corrected chi connectivity index (χ4v) is 13.4. The molecule has 117 heavy (non-hydrogen) atoms. The summed E-state index contributed by atoms with van der Waals surface area (Å²) in [6.45, 7) is 21.4. The van der Waals surface area contributed by atoms with Gasteiger partial charge in [-0.15, -0.1) is 0 Å². The van der Waals surface area contributed by atoms with Crippen LogP contribution in [-0.4, -0.2) is 159 Å². The topological polar surface area (TPSA) is 258 Å². The van der Waals surface area contributed by atoms with E-state index in [1.54, 1.807) is 6.20 Å². The molecule has 0 bridgehead atoms. The van der Waals surface area contributed by atoms with Crippen LogP contribution < -0.4 is 24.7 Å². The number of aliphatic hydroxyl groups excluding tert-OH is 3. The summed E-state index contributed by atoms with van der Waals surface area (Å²) in [6.07, 6.45) is 15.3. The van der Waals surface area contributed by atoms with Crippen LogP contribution in [0.5, 0.6) is 0 Å². The number of carbonyl (C=O) groups excluding carboxylic acids is 1. The molecule has 0 saturated carbocycles. The number of nitrogens with zero attached hydrogens (tertiary/aromatic N) is 11. The maximum absolute atomic E-state index is 11.5. The number of aromatic nitrogens is 8. The minimum atomic E-state index is -3.57. The van der Waals surface area contributed by atoms with Crippen LogP contribution in [0.15, 0.2) is 267 Å². The summed E-state index contributed by atoms with van der Waals surface area (Å²) < 4.78 is 30.2. The van der Waals surface area contributed by atoms with Crippen LogP contribution in [0.3, 0.4) is 0 Å². The van der Waals surface area contributed by atoms with Crippen LogP contribution >= 0.6 is 22.6 Å². The van der Waals surface area contributed by atoms with E-state index in [0.717, 1.165) is 195 Å². The van der Waals surface area contributed by atoms with Crippen molar-refractivity contribution in [1.29, 1.82) is 0 Å². The lowest BCUT2D eigenvalue weighted by Crippen LogP contribution is -2.33. The number of anilines is 3. The summed E-state index contributed by atoms with van der Waals surface area (Å²) >= 11 is 2.19. The number of rotatable bonds is 35. The molecule has 22 heteroatoms. The number of amides is 1. The molecule has 12 rings (SSSR count). The van der Waals surface area contributed by atoms with Gasteiger partial charge in [-0.2, -0.15) is 0 Å². The number of nitrogens with one attached hydrogen (secondary N) is 2. The van der Waals surface area contributed by atoms with Crippen molar-refractivity contribution in [3.8, 4) is 90.1 Å². The number of hydrogen-bond donors (Lipinski definition) is 5. The number of aliphatic hydroxyl groups is 3. The second kappa shape index (κ2) is 50.1. The molecule has 0 aliphatic carbocycles. The third kappa shape index (κ3) is 30.8. The molecule has 4 aromatic heterocycles. The molecular weight excluding hydrogens is 1590 g/mol. The Bertz CT molecular complexity index is 4780. The van der Waals surface area contributed by atoms with E-state index in [1.807, 2.05) is 193 Å². The third-order valence-electron chi connectivity index (χ3n) is 18.4. The van der Waals surface area contributed by atoms with E-state index in [9.17, 15) is 13.2 Å². The largest absolute Gasteiger partial charge is 0.396 e. The Balaban J connectivity index is 0.000000191. The predicted molar refractivity (Wildman–Crippen MR) is 487 cm³/mol. The molecule has 0 spiro atoms. The maximum Gasteiger partial charge on any atom is 0.259 e. The van der Waals surface area contributed by atoms with Crippen LogP contribution in [-0.2, 0) is 19.6 Å². The van der Waals surface area contributed by atoms with Crippen LogP contribution in [0, 0.1) is 3.70 Å². The molecule has 0 saturated heterocycles. The van der Waals surface area contributed by atoms with Gasteiger partial charge in [0.15, 0.2) is 0 Å². The van der Waals surface area contributed by atoms with Gasteiger partial charge in [0.1, 0.15) is 27.8 Å². The number of carbonyl (C=O) groups is 1. The third-order valence-corrected chi connectivity index (χ3v) is 19.5. The van der Waals surface area contributed by atoms with Gasteiger partial charge in [-0.05, 0) is 122 Å². The highest BCUT2D eigenvalue weighted by molar-refractivity contribution is 14.1. The van der Waals surface area contributed by atoms with E-state index >= 15 is 0 Å². The van der Waals surface area contributed by atoms with Gasteiger partial charge in [0.25, 0.3) is 5.91 Å². The van der Waals surface area contributed by atoms with Gasteiger partial charge in [0, 0.05) is 115 Å². The highest BCUT2D eigenvalue weighted by Gasteiger charge is 2.22. The number of benzene rings is 8. The van der Waals surface area contributed by atoms with E-state index in [2.05, 4.69) is 181 Å². The van der Waals surface area contributed by atoms with Crippen LogP contribution in [0.4, 0.5) is 17.5 Å². The zero-order valence-corrected chi connectivity index (χ0v) is 71.9. The maximum atomic E-state index is 11.5. The molecule has 0 atom stereocenters. The Labute approximate surface area is 706 Å². The quantitative estimate of drug-likeness (QED) is 0.0183. The molecular formula is C95H114IN13O7S. The highest BCUT2D eigenvalue weighted by Crippen LogP contribution is 2.36. The molecule has 4 heterocycles. The first kappa shape index (κ1) is 91.9. The van der Waals surface area contributed by atoms with E-state index < -0.39 is 15.9 Å². The number of ether oxygens (including phenoxy) is 1. The molecule has 1 amide bonds. The molecule has 5 N–H and O–H groups in total. The Morgan fingerprint density at radius 2 is 0.624 bits per heavy atom. The number of sulfonamides is 1. The molecule has 20 nitrogen and oxygen atoms in total. The Hall–Kier alpha value is -10.6. The second-order valence-electron chi connectivity index (χ2n) is 28.9. The van der Waals surface area contributed by atoms with E-state index in [1.165, 1.54) is 0 Å². The number of unbranched alkanes of at least 4 members (excludes halogenated alkanes) is 4. The molecule has 0 fully saturated rings. The molecule has 0 aliphatic heterocycles. The van der Waals surface area contributed by atoms with Crippen molar-refractivity contribution in [1.82, 2.24) is 49.9 Å². The van der Waals surface area contributed by atoms with Gasteiger partial charge >= 0.3 is 0 Å². The number of halogens is 1. The van der Waals surface area contributed by atoms with Gasteiger partial charge in [-0.3, -0.25) is 29.5 Å². The van der Waals surface area contributed by atoms with Gasteiger partial charge in [0.05, 0.1) is 76.6 Å². The molecule has 12 aromatic rings. The van der Waals surface area contributed by atoms with Crippen LogP contribution in [0.1, 0.15) is 107 Å². The van der Waals surface area contributed by atoms with E-state index in [0.29, 0.717) is 31.3 Å². The molecule has 0 aliphatic rings. The van der Waals surface area contributed by atoms with Gasteiger partial charge < -0.3 is 40.1 Å². The Kier molecular flexibility index (Phi) is 39.4. The molecule has 0 unspecified atom stereocenters. The standard InChI is InChI=1S/C26H32N4O4S.2C23H27N3O.C16H11IN2.C7H17NO/c1-20(2)30(16-10-11-17-34-19-24(31)29-35(3,32)33)23-18-27-25(21-12-6-4-7-13-21)26(28-23)22-14-8-5-9-15-22;2*1-18(2)26(15-9-10-16-27)21-17-24-22(19-11-5-3-6-12-19)23(25-21)20-13-7-4-8-14-20;17-14-11-18-15(12-7-3-1-4-8-12)16(19-14)13-9-5-2-6-10-13;1-7(2)8-5-3-4-6-9/h4-9,12-15,18,20H,10-11,16-17,19H2,1-3H3,(H,29,31);2*3-8,11-14,17-18,27H,9-10,15-16H2,1-2H3;1-11H;7-9H,3-6H2,1-2H3. The van der Waals surface area contributed by atoms with Crippen molar-refractivity contribution >= 4 is 56.0 Å². The Morgan fingerprint density at radius 3 is 0.889 bits per heavy atom. The summed E-state index contributed by atoms with van der Waals surface area (Å²) in [6, 6.07) is 82.6. The molecule has 614 valence electrons. The highest BCUT2D eigenvalue weighted by atomic mass is 127. The summed E-state index contributed by atoms with van der Waals surface area (Å²) in [5.74, 6) is 1.88. The van der Waals surface area contributed by atoms with Crippen molar-refractivity contribution in [3.05, 3.63) is 271 Å². The second-order valence-corrected chi connectivity index (χ2v) is 31.8. The van der Waals surface area contributed by atoms with Crippen LogP contribution in [0.2, 0.25) is 0 Å². The van der Waals surface area contributed by atoms with Crippen molar-refractivity contribution in [3.63, 3.8) is 0 Å². The Morgan fingerprint density at radius 1 is 0.368 bits per heavy atom. The smallest absolute Gasteiger partial charge is 0.259 e. The monoisotopic (exact) mass is 1710 g/mol. The van der Waals surface area contributed by atoms with E-state index in [4.69, 9.17) is 50.0 Å². The average molecular weight is 1710 g/mol. The first-order valence-electron chi connectivity index (χ1n) is 40.3. The fourth-order valence-electron chi connectivity index (χ4n) is 12.6. The average Bonchev–Trinajstić information content (AvgIpc) is 0.652. The van der Waals surface area contributed by atoms with Crippen molar-refractivity contribution in [2.24, 2.45) is 0 Å². The van der Waals surface area contributed by atoms with E-state index in [-0.39, 0.29) is 25.9 Å².